The number of aryl methyl sites for hydroxylation is 1. The van der Waals surface area contributed by atoms with Gasteiger partial charge < -0.3 is 20.1 Å². The molecule has 0 aliphatic rings. The van der Waals surface area contributed by atoms with Crippen molar-refractivity contribution < 1.29 is 19.6 Å². The van der Waals surface area contributed by atoms with Crippen molar-refractivity contribution in [3.63, 3.8) is 0 Å². The fraction of sp³-hybridized carbons (Fsp3) is 0.600. The van der Waals surface area contributed by atoms with Crippen LogP contribution in [-0.4, -0.2) is 31.5 Å². The molecule has 1 rings (SSSR count). The molecule has 1 aromatic heterocycles. The zero-order chi connectivity index (χ0) is 15.8. The molecule has 0 saturated heterocycles. The van der Waals surface area contributed by atoms with Crippen molar-refractivity contribution in [2.24, 2.45) is 0 Å². The molecule has 118 valence electrons. The van der Waals surface area contributed by atoms with Crippen LogP contribution in [0.15, 0.2) is 6.07 Å². The number of aromatic carboxylic acids is 1. The van der Waals surface area contributed by atoms with Gasteiger partial charge in [0.2, 0.25) is 0 Å². The van der Waals surface area contributed by atoms with E-state index in [0.29, 0.717) is 11.5 Å². The van der Waals surface area contributed by atoms with Gasteiger partial charge in [0.05, 0.1) is 19.1 Å². The van der Waals surface area contributed by atoms with Crippen LogP contribution in [0, 0.1) is 0 Å². The van der Waals surface area contributed by atoms with Crippen molar-refractivity contribution in [3.8, 4) is 0 Å². The number of anilines is 1. The molecule has 1 atom stereocenters. The first-order chi connectivity index (χ1) is 10.0. The first-order valence-electron chi connectivity index (χ1n) is 7.49. The Morgan fingerprint density at radius 3 is 2.57 bits per heavy atom. The molecule has 0 spiro atoms. The molecule has 0 bridgehead atoms. The quantitative estimate of drug-likeness (QED) is 0.689. The van der Waals surface area contributed by atoms with Crippen molar-refractivity contribution in [2.75, 3.05) is 25.0 Å². The van der Waals surface area contributed by atoms with E-state index in [0.717, 1.165) is 37.2 Å². The highest BCUT2D eigenvalue weighted by atomic mass is 32.1. The molecule has 0 fully saturated rings. The minimum atomic E-state index is -1.24. The molecule has 0 aliphatic heterocycles. The second kappa shape index (κ2) is 8.79. The highest BCUT2D eigenvalue weighted by Crippen LogP contribution is 2.27. The zero-order valence-electron chi connectivity index (χ0n) is 13.0. The Kier molecular flexibility index (Phi) is 7.39. The zero-order valence-corrected chi connectivity index (χ0v) is 13.8. The Hall–Kier alpha value is -1.40. The molecule has 6 heteroatoms. The van der Waals surface area contributed by atoms with E-state index in [1.54, 1.807) is 6.07 Å². The second-order valence-electron chi connectivity index (χ2n) is 5.03. The second-order valence-corrected chi connectivity index (χ2v) is 6.17. The number of quaternary nitrogens is 1. The van der Waals surface area contributed by atoms with Crippen LogP contribution in [0.25, 0.3) is 0 Å². The Labute approximate surface area is 130 Å². The average molecular weight is 312 g/mol. The predicted molar refractivity (Wildman–Crippen MR) is 82.8 cm³/mol. The lowest BCUT2D eigenvalue weighted by Crippen LogP contribution is -3.12. The van der Waals surface area contributed by atoms with Gasteiger partial charge in [0, 0.05) is 10.4 Å². The van der Waals surface area contributed by atoms with E-state index in [1.165, 1.54) is 16.2 Å². The summed E-state index contributed by atoms with van der Waals surface area (Å²) in [5.41, 5.74) is 0.0804. The van der Waals surface area contributed by atoms with Gasteiger partial charge in [-0.3, -0.25) is 4.79 Å². The number of amides is 1. The number of carboxylic acid groups (broad SMARTS) is 1. The topological polar surface area (TPSA) is 73.7 Å². The molecule has 0 aliphatic carbocycles. The third-order valence-electron chi connectivity index (χ3n) is 3.40. The molecule has 0 saturated carbocycles. The van der Waals surface area contributed by atoms with Crippen molar-refractivity contribution in [1.82, 2.24) is 0 Å². The summed E-state index contributed by atoms with van der Waals surface area (Å²) >= 11 is 1.31. The Morgan fingerprint density at radius 2 is 2.05 bits per heavy atom. The summed E-state index contributed by atoms with van der Waals surface area (Å²) < 4.78 is 0. The summed E-state index contributed by atoms with van der Waals surface area (Å²) in [4.78, 5) is 25.3. The van der Waals surface area contributed by atoms with Crippen LogP contribution in [0.2, 0.25) is 0 Å². The summed E-state index contributed by atoms with van der Waals surface area (Å²) in [6.45, 7) is 8.32. The molecule has 1 unspecified atom stereocenters. The van der Waals surface area contributed by atoms with Crippen LogP contribution in [0.1, 0.15) is 48.8 Å². The molecule has 1 amide bonds. The van der Waals surface area contributed by atoms with Crippen LogP contribution < -0.4 is 15.3 Å². The number of hydrogen-bond donors (Lipinski definition) is 2. The lowest BCUT2D eigenvalue weighted by Gasteiger charge is -2.16. The summed E-state index contributed by atoms with van der Waals surface area (Å²) in [5, 5.41) is 14.2. The first-order valence-corrected chi connectivity index (χ1v) is 8.30. The monoisotopic (exact) mass is 312 g/mol. The summed E-state index contributed by atoms with van der Waals surface area (Å²) in [5.74, 6) is -1.39. The average Bonchev–Trinajstić information content (AvgIpc) is 2.86. The first kappa shape index (κ1) is 17.7. The number of thiophene rings is 1. The maximum Gasteiger partial charge on any atom is 0.280 e. The van der Waals surface area contributed by atoms with Crippen molar-refractivity contribution >= 4 is 28.2 Å². The smallest absolute Gasteiger partial charge is 0.280 e. The SMILES string of the molecule is CCCC[NH+](CC)CC(=O)Nc1sc(CC)cc1C(=O)[O-]. The molecule has 0 radical (unpaired) electrons. The lowest BCUT2D eigenvalue weighted by molar-refractivity contribution is -0.890. The molecule has 1 heterocycles. The lowest BCUT2D eigenvalue weighted by atomic mass is 10.2. The standard InChI is InChI=1S/C15H24N2O3S/c1-4-7-8-17(6-3)10-13(18)16-14-12(15(19)20)9-11(5-2)21-14/h9H,4-8,10H2,1-3H3,(H,16,18)(H,19,20). The fourth-order valence-electron chi connectivity index (χ4n) is 2.08. The number of carbonyl (C=O) groups is 2. The number of carboxylic acids is 1. The molecule has 1 aromatic rings. The highest BCUT2D eigenvalue weighted by molar-refractivity contribution is 7.16. The molecular formula is C15H24N2O3S. The van der Waals surface area contributed by atoms with E-state index in [4.69, 9.17) is 0 Å². The minimum absolute atomic E-state index is 0.0804. The van der Waals surface area contributed by atoms with E-state index in [1.807, 2.05) is 13.8 Å². The number of hydrogen-bond acceptors (Lipinski definition) is 4. The molecular weight excluding hydrogens is 288 g/mol. The number of carbonyl (C=O) groups excluding carboxylic acids is 2. The van der Waals surface area contributed by atoms with E-state index in [-0.39, 0.29) is 11.5 Å². The predicted octanol–water partition coefficient (Wildman–Crippen LogP) is 0.317. The Morgan fingerprint density at radius 1 is 1.33 bits per heavy atom. The number of rotatable bonds is 9. The van der Waals surface area contributed by atoms with Crippen LogP contribution in [0.3, 0.4) is 0 Å². The summed E-state index contributed by atoms with van der Waals surface area (Å²) in [6, 6.07) is 1.58. The third kappa shape index (κ3) is 5.47. The number of likely N-dealkylation sites (N-methyl/N-ethyl adjacent to an activating group) is 1. The van der Waals surface area contributed by atoms with Gasteiger partial charge in [0.15, 0.2) is 6.54 Å². The van der Waals surface area contributed by atoms with Gasteiger partial charge in [-0.2, -0.15) is 0 Å². The van der Waals surface area contributed by atoms with Gasteiger partial charge in [-0.25, -0.2) is 0 Å². The van der Waals surface area contributed by atoms with Crippen LogP contribution >= 0.6 is 11.3 Å². The molecule has 21 heavy (non-hydrogen) atoms. The van der Waals surface area contributed by atoms with Crippen LogP contribution in [0.4, 0.5) is 5.00 Å². The van der Waals surface area contributed by atoms with Crippen molar-refractivity contribution in [1.29, 1.82) is 0 Å². The summed E-state index contributed by atoms with van der Waals surface area (Å²) in [6.07, 6.45) is 2.92. The Balaban J connectivity index is 2.69. The highest BCUT2D eigenvalue weighted by Gasteiger charge is 2.16. The maximum atomic E-state index is 12.1. The number of unbranched alkanes of at least 4 members (excludes halogenated alkanes) is 1. The molecule has 0 aromatic carbocycles. The fourth-order valence-corrected chi connectivity index (χ4v) is 3.08. The van der Waals surface area contributed by atoms with Gasteiger partial charge in [0.1, 0.15) is 5.00 Å². The van der Waals surface area contributed by atoms with E-state index in [2.05, 4.69) is 12.2 Å². The van der Waals surface area contributed by atoms with Gasteiger partial charge in [-0.15, -0.1) is 11.3 Å². The van der Waals surface area contributed by atoms with E-state index < -0.39 is 5.97 Å². The summed E-state index contributed by atoms with van der Waals surface area (Å²) in [7, 11) is 0. The van der Waals surface area contributed by atoms with Gasteiger partial charge in [-0.1, -0.05) is 20.3 Å². The van der Waals surface area contributed by atoms with Gasteiger partial charge in [0.25, 0.3) is 5.91 Å². The van der Waals surface area contributed by atoms with E-state index in [9.17, 15) is 14.7 Å². The van der Waals surface area contributed by atoms with Crippen molar-refractivity contribution in [3.05, 3.63) is 16.5 Å². The minimum Gasteiger partial charge on any atom is -0.545 e. The molecule has 5 nitrogen and oxygen atoms in total. The van der Waals surface area contributed by atoms with E-state index >= 15 is 0 Å². The third-order valence-corrected chi connectivity index (χ3v) is 4.59. The maximum absolute atomic E-state index is 12.1. The largest absolute Gasteiger partial charge is 0.545 e. The molecule has 2 N–H and O–H groups in total. The number of nitrogens with one attached hydrogen (secondary N) is 2. The van der Waals surface area contributed by atoms with Crippen LogP contribution in [0.5, 0.6) is 0 Å². The van der Waals surface area contributed by atoms with Gasteiger partial charge >= 0.3 is 0 Å². The van der Waals surface area contributed by atoms with Crippen molar-refractivity contribution in [2.45, 2.75) is 40.0 Å². The van der Waals surface area contributed by atoms with Crippen LogP contribution in [-0.2, 0) is 11.2 Å². The normalized spacial score (nSPS) is 12.1. The Bertz CT molecular complexity index is 485. The van der Waals surface area contributed by atoms with Gasteiger partial charge in [-0.05, 0) is 25.8 Å².